The van der Waals surface area contributed by atoms with Crippen molar-refractivity contribution in [3.63, 3.8) is 0 Å². The van der Waals surface area contributed by atoms with Crippen molar-refractivity contribution in [3.8, 4) is 0 Å². The maximum absolute atomic E-state index is 12.6. The molecule has 0 aliphatic heterocycles. The van der Waals surface area contributed by atoms with E-state index in [4.69, 9.17) is 18.0 Å². The Bertz CT molecular complexity index is 470. The normalized spacial score (nSPS) is 17.8. The molecule has 2 N–H and O–H groups in total. The standard InChI is InChI=1S/C14H20N2OS2/c1-2-16(8-6-13(15)18)14(17)11-4-3-5-12-10(11)7-9-19-12/h7,9,11H,2-6,8H2,1H3,(H2,15,18). The van der Waals surface area contributed by atoms with Crippen molar-refractivity contribution in [1.29, 1.82) is 0 Å². The molecular weight excluding hydrogens is 276 g/mol. The first-order valence-corrected chi connectivity index (χ1v) is 8.05. The molecule has 5 heteroatoms. The largest absolute Gasteiger partial charge is 0.393 e. The molecule has 19 heavy (non-hydrogen) atoms. The second-order valence-electron chi connectivity index (χ2n) is 4.88. The van der Waals surface area contributed by atoms with Crippen molar-refractivity contribution < 1.29 is 4.79 Å². The average molecular weight is 296 g/mol. The number of rotatable bonds is 5. The van der Waals surface area contributed by atoms with Crippen LogP contribution in [-0.4, -0.2) is 28.9 Å². The van der Waals surface area contributed by atoms with E-state index in [1.54, 1.807) is 11.3 Å². The number of thiophene rings is 1. The fraction of sp³-hybridized carbons (Fsp3) is 0.571. The second-order valence-corrected chi connectivity index (χ2v) is 6.40. The summed E-state index contributed by atoms with van der Waals surface area (Å²) in [6.45, 7) is 3.37. The highest BCUT2D eigenvalue weighted by molar-refractivity contribution is 7.80. The summed E-state index contributed by atoms with van der Waals surface area (Å²) in [5, 5.41) is 2.10. The third-order valence-electron chi connectivity index (χ3n) is 3.67. The summed E-state index contributed by atoms with van der Waals surface area (Å²) in [5.74, 6) is 0.277. The smallest absolute Gasteiger partial charge is 0.230 e. The van der Waals surface area contributed by atoms with Crippen LogP contribution < -0.4 is 5.73 Å². The number of aryl methyl sites for hydroxylation is 1. The topological polar surface area (TPSA) is 46.3 Å². The minimum absolute atomic E-state index is 0.0429. The number of thiocarbonyl (C=S) groups is 1. The Kier molecular flexibility index (Phi) is 4.93. The number of amides is 1. The maximum atomic E-state index is 12.6. The lowest BCUT2D eigenvalue weighted by Crippen LogP contribution is -2.37. The van der Waals surface area contributed by atoms with Gasteiger partial charge in [-0.3, -0.25) is 4.79 Å². The first-order valence-electron chi connectivity index (χ1n) is 6.76. The minimum Gasteiger partial charge on any atom is -0.393 e. The Balaban J connectivity index is 2.09. The first-order chi connectivity index (χ1) is 9.13. The fourth-order valence-corrected chi connectivity index (χ4v) is 3.71. The Hall–Kier alpha value is -0.940. The van der Waals surface area contributed by atoms with Crippen LogP contribution in [0.5, 0.6) is 0 Å². The Morgan fingerprint density at radius 1 is 1.63 bits per heavy atom. The summed E-state index contributed by atoms with van der Waals surface area (Å²) >= 11 is 6.67. The molecule has 1 unspecified atom stereocenters. The van der Waals surface area contributed by atoms with Crippen LogP contribution >= 0.6 is 23.6 Å². The zero-order chi connectivity index (χ0) is 13.8. The zero-order valence-corrected chi connectivity index (χ0v) is 12.9. The second kappa shape index (κ2) is 6.48. The van der Waals surface area contributed by atoms with Crippen LogP contribution in [-0.2, 0) is 11.2 Å². The summed E-state index contributed by atoms with van der Waals surface area (Å²) < 4.78 is 0. The van der Waals surface area contributed by atoms with Gasteiger partial charge < -0.3 is 10.6 Å². The van der Waals surface area contributed by atoms with Crippen molar-refractivity contribution in [3.05, 3.63) is 21.9 Å². The molecule has 3 nitrogen and oxygen atoms in total. The van der Waals surface area contributed by atoms with Crippen molar-refractivity contribution in [2.75, 3.05) is 13.1 Å². The van der Waals surface area contributed by atoms with E-state index in [2.05, 4.69) is 11.4 Å². The van der Waals surface area contributed by atoms with Crippen molar-refractivity contribution >= 4 is 34.5 Å². The van der Waals surface area contributed by atoms with Gasteiger partial charge in [-0.25, -0.2) is 0 Å². The number of hydrogen-bond donors (Lipinski definition) is 1. The summed E-state index contributed by atoms with van der Waals surface area (Å²) in [5.41, 5.74) is 6.77. The highest BCUT2D eigenvalue weighted by Gasteiger charge is 2.29. The van der Waals surface area contributed by atoms with E-state index in [0.29, 0.717) is 18.0 Å². The third kappa shape index (κ3) is 3.34. The minimum atomic E-state index is 0.0429. The SMILES string of the molecule is CCN(CCC(N)=S)C(=O)C1CCCc2sccc21. The highest BCUT2D eigenvalue weighted by Crippen LogP contribution is 2.36. The lowest BCUT2D eigenvalue weighted by Gasteiger charge is -2.28. The Morgan fingerprint density at radius 3 is 3.11 bits per heavy atom. The molecule has 1 aromatic rings. The summed E-state index contributed by atoms with van der Waals surface area (Å²) in [6, 6.07) is 2.11. The van der Waals surface area contributed by atoms with E-state index < -0.39 is 0 Å². The van der Waals surface area contributed by atoms with E-state index in [1.165, 1.54) is 10.4 Å². The molecule has 0 aromatic carbocycles. The van der Waals surface area contributed by atoms with Crippen LogP contribution in [0.2, 0.25) is 0 Å². The number of nitrogens with two attached hydrogens (primary N) is 1. The lowest BCUT2D eigenvalue weighted by molar-refractivity contribution is -0.132. The molecule has 0 fully saturated rings. The predicted octanol–water partition coefficient (Wildman–Crippen LogP) is 2.69. The van der Waals surface area contributed by atoms with Gasteiger partial charge in [-0.1, -0.05) is 12.2 Å². The van der Waals surface area contributed by atoms with Gasteiger partial charge in [-0.05, 0) is 43.2 Å². The molecule has 0 bridgehead atoms. The van der Waals surface area contributed by atoms with Crippen LogP contribution in [0.4, 0.5) is 0 Å². The molecule has 0 radical (unpaired) electrons. The molecule has 2 rings (SSSR count). The van der Waals surface area contributed by atoms with E-state index in [1.807, 2.05) is 11.8 Å². The van der Waals surface area contributed by atoms with Gasteiger partial charge in [0.05, 0.1) is 10.9 Å². The van der Waals surface area contributed by atoms with E-state index in [0.717, 1.165) is 25.8 Å². The molecule has 1 heterocycles. The van der Waals surface area contributed by atoms with Gasteiger partial charge in [0.25, 0.3) is 0 Å². The van der Waals surface area contributed by atoms with E-state index in [-0.39, 0.29) is 11.8 Å². The van der Waals surface area contributed by atoms with E-state index >= 15 is 0 Å². The summed E-state index contributed by atoms with van der Waals surface area (Å²) in [6.07, 6.45) is 3.80. The average Bonchev–Trinajstić information content (AvgIpc) is 2.86. The van der Waals surface area contributed by atoms with Gasteiger partial charge in [-0.2, -0.15) is 0 Å². The quantitative estimate of drug-likeness (QED) is 0.850. The molecule has 1 aliphatic carbocycles. The number of carbonyl (C=O) groups is 1. The maximum Gasteiger partial charge on any atom is 0.230 e. The van der Waals surface area contributed by atoms with Crippen LogP contribution in [0.3, 0.4) is 0 Å². The number of nitrogens with zero attached hydrogens (tertiary/aromatic N) is 1. The number of hydrogen-bond acceptors (Lipinski definition) is 3. The molecule has 0 saturated heterocycles. The molecule has 0 saturated carbocycles. The van der Waals surface area contributed by atoms with Gasteiger partial charge in [0, 0.05) is 24.4 Å². The Labute approximate surface area is 123 Å². The Morgan fingerprint density at radius 2 is 2.42 bits per heavy atom. The first kappa shape index (κ1) is 14.5. The van der Waals surface area contributed by atoms with Gasteiger partial charge in [0.15, 0.2) is 0 Å². The number of fused-ring (bicyclic) bond motifs is 1. The molecule has 1 atom stereocenters. The molecule has 104 valence electrons. The van der Waals surface area contributed by atoms with Gasteiger partial charge in [0.2, 0.25) is 5.91 Å². The van der Waals surface area contributed by atoms with Gasteiger partial charge in [-0.15, -0.1) is 11.3 Å². The third-order valence-corrected chi connectivity index (χ3v) is 4.87. The van der Waals surface area contributed by atoms with Crippen molar-refractivity contribution in [2.45, 2.75) is 38.5 Å². The molecular formula is C14H20N2OS2. The molecule has 0 spiro atoms. The van der Waals surface area contributed by atoms with E-state index in [9.17, 15) is 4.79 Å². The molecule has 1 amide bonds. The van der Waals surface area contributed by atoms with Gasteiger partial charge >= 0.3 is 0 Å². The molecule has 1 aromatic heterocycles. The highest BCUT2D eigenvalue weighted by atomic mass is 32.1. The van der Waals surface area contributed by atoms with Crippen molar-refractivity contribution in [1.82, 2.24) is 4.90 Å². The monoisotopic (exact) mass is 296 g/mol. The molecule has 1 aliphatic rings. The number of likely N-dealkylation sites (N-methyl/N-ethyl adjacent to an activating group) is 1. The van der Waals surface area contributed by atoms with Crippen LogP contribution in [0.15, 0.2) is 11.4 Å². The van der Waals surface area contributed by atoms with Crippen LogP contribution in [0.25, 0.3) is 0 Å². The summed E-state index contributed by atoms with van der Waals surface area (Å²) in [4.78, 5) is 16.4. The zero-order valence-electron chi connectivity index (χ0n) is 11.2. The van der Waals surface area contributed by atoms with Gasteiger partial charge in [0.1, 0.15) is 0 Å². The predicted molar refractivity (Wildman–Crippen MR) is 83.7 cm³/mol. The van der Waals surface area contributed by atoms with Crippen LogP contribution in [0.1, 0.15) is 42.5 Å². The number of carbonyl (C=O) groups excluding carboxylic acids is 1. The van der Waals surface area contributed by atoms with Crippen LogP contribution in [0, 0.1) is 0 Å². The lowest BCUT2D eigenvalue weighted by atomic mass is 9.86. The van der Waals surface area contributed by atoms with Crippen molar-refractivity contribution in [2.24, 2.45) is 5.73 Å². The summed E-state index contributed by atoms with van der Waals surface area (Å²) in [7, 11) is 0. The fourth-order valence-electron chi connectivity index (χ4n) is 2.63.